The zero-order valence-corrected chi connectivity index (χ0v) is 25.3. The van der Waals surface area contributed by atoms with Gasteiger partial charge in [0.2, 0.25) is 0 Å². The summed E-state index contributed by atoms with van der Waals surface area (Å²) < 4.78 is 8.55. The number of hydrogen-bond donors (Lipinski definition) is 2. The average Bonchev–Trinajstić information content (AvgIpc) is 1.95. The molecule has 6 N–H and O–H groups in total. The van der Waals surface area contributed by atoms with Gasteiger partial charge in [-0.25, -0.2) is 4.79 Å². The second-order valence-electron chi connectivity index (χ2n) is 2.88. The van der Waals surface area contributed by atoms with Crippen molar-refractivity contribution >= 4 is 25.7 Å². The molecule has 0 aromatic heterocycles. The molecule has 0 aliphatic carbocycles. The molecule has 19 heteroatoms. The van der Waals surface area contributed by atoms with Crippen LogP contribution in [0.25, 0.3) is 0 Å². The SMILES string of the molecule is O.O.O=C([O-])CC(O)(CC(=O)[O-])C(=O)O.O=P([O-])([O-])[O-].[Na+].[Na+].[Na+].[Na+].[Na+]. The average molecular weight is 436 g/mol. The third-order valence-corrected chi connectivity index (χ3v) is 1.27. The maximum Gasteiger partial charge on any atom is 1.00 e. The van der Waals surface area contributed by atoms with Crippen LogP contribution < -0.4 is 173 Å². The first-order chi connectivity index (χ1) is 7.78. The Hall–Kier alpha value is 3.40. The largest absolute Gasteiger partial charge is 1.00 e. The molecule has 0 aliphatic heterocycles. The van der Waals surface area contributed by atoms with Crippen molar-refractivity contribution in [3.63, 3.8) is 0 Å². The number of carbonyl (C=O) groups excluding carboxylic acids is 2. The second kappa shape index (κ2) is 27.4. The minimum absolute atomic E-state index is 0. The number of carbonyl (C=O) groups is 3. The number of aliphatic carboxylic acids is 3. The Kier molecular flexibility index (Phi) is 62.1. The van der Waals surface area contributed by atoms with Crippen LogP contribution in [0.3, 0.4) is 0 Å². The maximum absolute atomic E-state index is 10.3. The Bertz CT molecular complexity index is 363. The smallest absolute Gasteiger partial charge is 0.822 e. The minimum atomic E-state index is -5.39. The van der Waals surface area contributed by atoms with Crippen molar-refractivity contribution in [3.05, 3.63) is 0 Å². The van der Waals surface area contributed by atoms with Crippen LogP contribution in [0.2, 0.25) is 0 Å². The molecule has 0 unspecified atom stereocenters. The van der Waals surface area contributed by atoms with Gasteiger partial charge in [0.05, 0.1) is 0 Å². The molecule has 0 aromatic carbocycles. The molecule has 0 rings (SSSR count). The minimum Gasteiger partial charge on any atom is -0.822 e. The van der Waals surface area contributed by atoms with Crippen LogP contribution >= 0.6 is 7.82 Å². The Morgan fingerprint density at radius 3 is 1.04 bits per heavy atom. The van der Waals surface area contributed by atoms with Gasteiger partial charge in [-0.2, -0.15) is 7.82 Å². The molecule has 0 aliphatic rings. The van der Waals surface area contributed by atoms with Crippen molar-refractivity contribution in [3.8, 4) is 0 Å². The second-order valence-corrected chi connectivity index (χ2v) is 3.78. The molecule has 25 heavy (non-hydrogen) atoms. The van der Waals surface area contributed by atoms with E-state index in [0.29, 0.717) is 0 Å². The summed E-state index contributed by atoms with van der Waals surface area (Å²) in [6.07, 6.45) is -2.59. The Balaban J connectivity index is -0.0000000274. The number of rotatable bonds is 5. The molecular weight excluding hydrogens is 426 g/mol. The summed E-state index contributed by atoms with van der Waals surface area (Å²) in [5.74, 6) is -5.65. The molecule has 0 spiro atoms. The predicted molar refractivity (Wildman–Crippen MR) is 46.7 cm³/mol. The molecule has 0 amide bonds. The van der Waals surface area contributed by atoms with Gasteiger partial charge in [-0.1, -0.05) is 0 Å². The normalized spacial score (nSPS) is 8.00. The van der Waals surface area contributed by atoms with Gasteiger partial charge >= 0.3 is 154 Å². The van der Waals surface area contributed by atoms with Crippen LogP contribution in [0, 0.1) is 0 Å². The van der Waals surface area contributed by atoms with Gasteiger partial charge in [0.15, 0.2) is 5.60 Å². The molecular formula is C6H10Na5O13P. The molecule has 0 aromatic rings. The van der Waals surface area contributed by atoms with Crippen LogP contribution in [0.4, 0.5) is 0 Å². The van der Waals surface area contributed by atoms with Gasteiger partial charge in [-0.05, 0) is 0 Å². The first-order valence-electron chi connectivity index (χ1n) is 3.86. The van der Waals surface area contributed by atoms with Crippen molar-refractivity contribution in [1.29, 1.82) is 0 Å². The van der Waals surface area contributed by atoms with Crippen molar-refractivity contribution < 1.29 is 213 Å². The zero-order chi connectivity index (χ0) is 15.1. The Morgan fingerprint density at radius 2 is 0.960 bits per heavy atom. The van der Waals surface area contributed by atoms with E-state index in [1.807, 2.05) is 0 Å². The fourth-order valence-corrected chi connectivity index (χ4v) is 0.691. The van der Waals surface area contributed by atoms with E-state index in [-0.39, 0.29) is 159 Å². The summed E-state index contributed by atoms with van der Waals surface area (Å²) in [7, 11) is -5.39. The molecule has 13 nitrogen and oxygen atoms in total. The quantitative estimate of drug-likeness (QED) is 0.301. The number of carboxylic acid groups (broad SMARTS) is 3. The fourth-order valence-electron chi connectivity index (χ4n) is 0.691. The number of aliphatic hydroxyl groups is 1. The molecule has 0 saturated heterocycles. The third kappa shape index (κ3) is 47.0. The summed E-state index contributed by atoms with van der Waals surface area (Å²) in [4.78, 5) is 55.8. The number of carboxylic acids is 3. The van der Waals surface area contributed by atoms with E-state index in [2.05, 4.69) is 0 Å². The topological polar surface area (TPSA) is 287 Å². The van der Waals surface area contributed by atoms with E-state index in [0.717, 1.165) is 0 Å². The standard InChI is InChI=1S/C6H8O7.5Na.H3O4P.2H2O/c7-3(8)1-6(13,5(11)12)2-4(9)10;;;;;;1-5(2,3)4;;/h13H,1-2H2,(H,7,8)(H,9,10)(H,11,12);;;;;;(H3,1,2,3,4);2*1H2/q;5*+1;;;/p-5. The van der Waals surface area contributed by atoms with E-state index in [4.69, 9.17) is 29.5 Å². The Morgan fingerprint density at radius 1 is 0.800 bits per heavy atom. The van der Waals surface area contributed by atoms with Crippen LogP contribution in [0.15, 0.2) is 0 Å². The summed E-state index contributed by atoms with van der Waals surface area (Å²) in [6.45, 7) is 0. The van der Waals surface area contributed by atoms with Crippen molar-refractivity contribution in [1.82, 2.24) is 0 Å². The molecule has 0 heterocycles. The van der Waals surface area contributed by atoms with Crippen LogP contribution in [-0.2, 0) is 18.9 Å². The van der Waals surface area contributed by atoms with Crippen molar-refractivity contribution in [2.75, 3.05) is 0 Å². The van der Waals surface area contributed by atoms with Gasteiger partial charge in [-0.3, -0.25) is 0 Å². The van der Waals surface area contributed by atoms with Gasteiger partial charge in [-0.15, -0.1) is 0 Å². The molecule has 0 saturated carbocycles. The van der Waals surface area contributed by atoms with Crippen molar-refractivity contribution in [2.45, 2.75) is 18.4 Å². The molecule has 122 valence electrons. The first-order valence-corrected chi connectivity index (χ1v) is 5.32. The van der Waals surface area contributed by atoms with E-state index >= 15 is 0 Å². The van der Waals surface area contributed by atoms with Gasteiger partial charge < -0.3 is 60.2 Å². The predicted octanol–water partition coefficient (Wildman–Crippen LogP) is -23.4. The number of hydrogen-bond acceptors (Lipinski definition) is 10. The van der Waals surface area contributed by atoms with Gasteiger partial charge in [0.1, 0.15) is 0 Å². The molecule has 0 atom stereocenters. The summed E-state index contributed by atoms with van der Waals surface area (Å²) >= 11 is 0. The van der Waals surface area contributed by atoms with E-state index in [9.17, 15) is 24.6 Å². The summed E-state index contributed by atoms with van der Waals surface area (Å²) in [6, 6.07) is 0. The van der Waals surface area contributed by atoms with Crippen LogP contribution in [0.1, 0.15) is 12.8 Å². The monoisotopic (exact) mass is 436 g/mol. The van der Waals surface area contributed by atoms with E-state index < -0.39 is 44.2 Å². The number of phosphoric acid groups is 1. The van der Waals surface area contributed by atoms with E-state index in [1.165, 1.54) is 0 Å². The molecule has 0 bridgehead atoms. The molecule has 0 radical (unpaired) electrons. The fraction of sp³-hybridized carbons (Fsp3) is 0.500. The maximum atomic E-state index is 10.3. The third-order valence-electron chi connectivity index (χ3n) is 1.27. The summed E-state index contributed by atoms with van der Waals surface area (Å²) in [5.41, 5.74) is -2.86. The van der Waals surface area contributed by atoms with Crippen LogP contribution in [-0.4, -0.2) is 44.7 Å². The first kappa shape index (κ1) is 56.7. The van der Waals surface area contributed by atoms with Crippen LogP contribution in [0.5, 0.6) is 0 Å². The van der Waals surface area contributed by atoms with Gasteiger partial charge in [0, 0.05) is 24.8 Å². The molecule has 0 fully saturated rings. The zero-order valence-electron chi connectivity index (χ0n) is 14.4. The van der Waals surface area contributed by atoms with Crippen molar-refractivity contribution in [2.24, 2.45) is 0 Å². The Labute approximate surface area is 252 Å². The van der Waals surface area contributed by atoms with Gasteiger partial charge in [0.25, 0.3) is 0 Å². The summed E-state index contributed by atoms with van der Waals surface area (Å²) in [5, 5.41) is 37.2. The van der Waals surface area contributed by atoms with E-state index in [1.54, 1.807) is 0 Å².